The van der Waals surface area contributed by atoms with Gasteiger partial charge in [-0.1, -0.05) is 12.1 Å². The molecule has 3 rings (SSSR count). The molecule has 0 aromatic heterocycles. The zero-order valence-electron chi connectivity index (χ0n) is 14.4. The van der Waals surface area contributed by atoms with Crippen LogP contribution in [0, 0.1) is 5.82 Å². The van der Waals surface area contributed by atoms with Gasteiger partial charge in [-0.3, -0.25) is 4.79 Å². The highest BCUT2D eigenvalue weighted by molar-refractivity contribution is 5.96. The van der Waals surface area contributed by atoms with Gasteiger partial charge < -0.3 is 19.5 Å². The number of benzene rings is 2. The molecular weight excluding hydrogens is 325 g/mol. The van der Waals surface area contributed by atoms with Crippen molar-refractivity contribution < 1.29 is 23.4 Å². The molecule has 25 heavy (non-hydrogen) atoms. The molecular formula is C19H20FNO4. The van der Waals surface area contributed by atoms with E-state index in [9.17, 15) is 9.18 Å². The van der Waals surface area contributed by atoms with Gasteiger partial charge in [0.1, 0.15) is 5.82 Å². The van der Waals surface area contributed by atoms with E-state index < -0.39 is 5.54 Å². The fraction of sp³-hybridized carbons (Fsp3) is 0.316. The molecule has 1 N–H and O–H groups in total. The van der Waals surface area contributed by atoms with E-state index in [2.05, 4.69) is 5.32 Å². The minimum Gasteiger partial charge on any atom is -0.493 e. The number of hydrogen-bond acceptors (Lipinski definition) is 4. The van der Waals surface area contributed by atoms with Gasteiger partial charge in [0.25, 0.3) is 5.91 Å². The van der Waals surface area contributed by atoms with E-state index in [1.54, 1.807) is 24.3 Å². The third-order valence-electron chi connectivity index (χ3n) is 4.43. The molecule has 132 valence electrons. The summed E-state index contributed by atoms with van der Waals surface area (Å²) in [6.07, 6.45) is 1.63. The van der Waals surface area contributed by atoms with Crippen molar-refractivity contribution in [2.45, 2.75) is 18.4 Å². The Morgan fingerprint density at radius 3 is 2.00 bits per heavy atom. The summed E-state index contributed by atoms with van der Waals surface area (Å²) in [5.41, 5.74) is 0.864. The molecule has 0 radical (unpaired) electrons. The van der Waals surface area contributed by atoms with Gasteiger partial charge >= 0.3 is 0 Å². The fourth-order valence-corrected chi connectivity index (χ4v) is 2.88. The Morgan fingerprint density at radius 1 is 1.00 bits per heavy atom. The van der Waals surface area contributed by atoms with Crippen LogP contribution in [0.25, 0.3) is 0 Å². The maximum Gasteiger partial charge on any atom is 0.252 e. The van der Waals surface area contributed by atoms with Crippen LogP contribution in [0.15, 0.2) is 36.4 Å². The second-order valence-corrected chi connectivity index (χ2v) is 5.96. The average molecular weight is 345 g/mol. The van der Waals surface area contributed by atoms with E-state index in [0.29, 0.717) is 22.8 Å². The minimum absolute atomic E-state index is 0.249. The molecule has 1 saturated carbocycles. The van der Waals surface area contributed by atoms with Gasteiger partial charge in [-0.25, -0.2) is 4.39 Å². The predicted octanol–water partition coefficient (Wildman–Crippen LogP) is 3.27. The summed E-state index contributed by atoms with van der Waals surface area (Å²) in [6, 6.07) is 9.44. The van der Waals surface area contributed by atoms with Crippen molar-refractivity contribution in [3.8, 4) is 17.2 Å². The van der Waals surface area contributed by atoms with Gasteiger partial charge in [0.2, 0.25) is 5.75 Å². The first-order valence-electron chi connectivity index (χ1n) is 7.91. The normalized spacial score (nSPS) is 14.6. The topological polar surface area (TPSA) is 56.8 Å². The Morgan fingerprint density at radius 2 is 1.56 bits per heavy atom. The van der Waals surface area contributed by atoms with Crippen molar-refractivity contribution in [2.24, 2.45) is 0 Å². The lowest BCUT2D eigenvalue weighted by molar-refractivity contribution is 0.0930. The lowest BCUT2D eigenvalue weighted by atomic mass is 10.0. The summed E-state index contributed by atoms with van der Waals surface area (Å²) in [5.74, 6) is 0.718. The zero-order valence-corrected chi connectivity index (χ0v) is 14.4. The van der Waals surface area contributed by atoms with Crippen molar-refractivity contribution in [3.05, 3.63) is 53.3 Å². The Kier molecular flexibility index (Phi) is 4.53. The predicted molar refractivity (Wildman–Crippen MR) is 90.9 cm³/mol. The van der Waals surface area contributed by atoms with Crippen LogP contribution >= 0.6 is 0 Å². The smallest absolute Gasteiger partial charge is 0.252 e. The highest BCUT2D eigenvalue weighted by Crippen LogP contribution is 2.46. The van der Waals surface area contributed by atoms with Crippen molar-refractivity contribution in [1.82, 2.24) is 5.32 Å². The van der Waals surface area contributed by atoms with E-state index in [0.717, 1.165) is 18.4 Å². The average Bonchev–Trinajstić information content (AvgIpc) is 3.41. The molecule has 6 heteroatoms. The molecule has 5 nitrogen and oxygen atoms in total. The lowest BCUT2D eigenvalue weighted by Crippen LogP contribution is -2.34. The summed E-state index contributed by atoms with van der Waals surface area (Å²) < 4.78 is 29.0. The lowest BCUT2D eigenvalue weighted by Gasteiger charge is -2.19. The summed E-state index contributed by atoms with van der Waals surface area (Å²) in [6.45, 7) is 0. The van der Waals surface area contributed by atoms with Gasteiger partial charge in [0, 0.05) is 5.56 Å². The van der Waals surface area contributed by atoms with Gasteiger partial charge in [-0.15, -0.1) is 0 Å². The quantitative estimate of drug-likeness (QED) is 0.873. The van der Waals surface area contributed by atoms with E-state index >= 15 is 0 Å². The Hall–Kier alpha value is -2.76. The number of halogens is 1. The van der Waals surface area contributed by atoms with Crippen LogP contribution in [0.1, 0.15) is 28.8 Å². The van der Waals surface area contributed by atoms with Gasteiger partial charge in [-0.2, -0.15) is 0 Å². The number of hydrogen-bond donors (Lipinski definition) is 1. The van der Waals surface area contributed by atoms with Crippen LogP contribution in [0.4, 0.5) is 4.39 Å². The van der Waals surface area contributed by atoms with Crippen molar-refractivity contribution in [1.29, 1.82) is 0 Å². The maximum absolute atomic E-state index is 13.1. The summed E-state index contributed by atoms with van der Waals surface area (Å²) in [4.78, 5) is 12.7. The first-order valence-corrected chi connectivity index (χ1v) is 7.91. The molecule has 0 unspecified atom stereocenters. The van der Waals surface area contributed by atoms with E-state index in [4.69, 9.17) is 14.2 Å². The molecule has 0 heterocycles. The number of carbonyl (C=O) groups is 1. The maximum atomic E-state index is 13.1. The second-order valence-electron chi connectivity index (χ2n) is 5.96. The third kappa shape index (κ3) is 3.24. The monoisotopic (exact) mass is 345 g/mol. The van der Waals surface area contributed by atoms with Crippen LogP contribution in [-0.2, 0) is 5.54 Å². The van der Waals surface area contributed by atoms with Crippen LogP contribution in [0.3, 0.4) is 0 Å². The zero-order chi connectivity index (χ0) is 18.0. The first kappa shape index (κ1) is 17.1. The van der Waals surface area contributed by atoms with Gasteiger partial charge in [-0.05, 0) is 42.7 Å². The van der Waals surface area contributed by atoms with Crippen LogP contribution in [-0.4, -0.2) is 27.2 Å². The van der Waals surface area contributed by atoms with Gasteiger partial charge in [0.05, 0.1) is 26.9 Å². The van der Waals surface area contributed by atoms with Crippen LogP contribution in [0.5, 0.6) is 17.2 Å². The number of amides is 1. The third-order valence-corrected chi connectivity index (χ3v) is 4.43. The number of ether oxygens (including phenoxy) is 3. The Balaban J connectivity index is 1.87. The largest absolute Gasteiger partial charge is 0.493 e. The molecule has 0 atom stereocenters. The van der Waals surface area contributed by atoms with Gasteiger partial charge in [0.15, 0.2) is 11.5 Å². The van der Waals surface area contributed by atoms with Crippen LogP contribution < -0.4 is 19.5 Å². The molecule has 2 aromatic rings. The van der Waals surface area contributed by atoms with Crippen molar-refractivity contribution in [3.63, 3.8) is 0 Å². The number of methoxy groups -OCH3 is 3. The SMILES string of the molecule is COc1cc(C(=O)NC2(c3ccc(F)cc3)CC2)cc(OC)c1OC. The van der Waals surface area contributed by atoms with E-state index in [1.165, 1.54) is 33.5 Å². The standard InChI is InChI=1S/C19H20FNO4/c1-23-15-10-12(11-16(24-2)17(15)25-3)18(22)21-19(8-9-19)13-4-6-14(20)7-5-13/h4-7,10-11H,8-9H2,1-3H3,(H,21,22). The summed E-state index contributed by atoms with van der Waals surface area (Å²) >= 11 is 0. The Bertz CT molecular complexity index is 760. The fourth-order valence-electron chi connectivity index (χ4n) is 2.88. The number of carbonyl (C=O) groups excluding carboxylic acids is 1. The summed E-state index contributed by atoms with van der Waals surface area (Å²) in [7, 11) is 4.51. The molecule has 1 fully saturated rings. The summed E-state index contributed by atoms with van der Waals surface area (Å²) in [5, 5.41) is 3.05. The molecule has 0 saturated heterocycles. The number of nitrogens with one attached hydrogen (secondary N) is 1. The van der Waals surface area contributed by atoms with Crippen molar-refractivity contribution in [2.75, 3.05) is 21.3 Å². The Labute approximate surface area is 145 Å². The molecule has 0 aliphatic heterocycles. The second kappa shape index (κ2) is 6.63. The first-order chi connectivity index (χ1) is 12.0. The molecule has 1 aliphatic rings. The van der Waals surface area contributed by atoms with Crippen molar-refractivity contribution >= 4 is 5.91 Å². The van der Waals surface area contributed by atoms with Crippen LogP contribution in [0.2, 0.25) is 0 Å². The molecule has 0 bridgehead atoms. The molecule has 0 spiro atoms. The number of rotatable bonds is 6. The minimum atomic E-state index is -0.439. The molecule has 1 aliphatic carbocycles. The van der Waals surface area contributed by atoms with E-state index in [-0.39, 0.29) is 11.7 Å². The van der Waals surface area contributed by atoms with E-state index in [1.807, 2.05) is 0 Å². The highest BCUT2D eigenvalue weighted by atomic mass is 19.1. The highest BCUT2D eigenvalue weighted by Gasteiger charge is 2.45. The molecule has 2 aromatic carbocycles. The molecule has 1 amide bonds.